The molecule has 5 nitrogen and oxygen atoms in total. The maximum Gasteiger partial charge on any atom is 0.270 e. The molecule has 0 heterocycles. The molecule has 0 N–H and O–H groups in total. The van der Waals surface area contributed by atoms with Crippen LogP contribution in [0, 0.1) is 10.1 Å². The van der Waals surface area contributed by atoms with Crippen molar-refractivity contribution >= 4 is 37.6 Å². The molecule has 0 radical (unpaired) electrons. The molecule has 2 aromatic rings. The van der Waals surface area contributed by atoms with E-state index in [0.717, 1.165) is 11.6 Å². The summed E-state index contributed by atoms with van der Waals surface area (Å²) >= 11 is 0. The number of benzene rings is 2. The van der Waals surface area contributed by atoms with E-state index in [4.69, 9.17) is 10.7 Å². The van der Waals surface area contributed by atoms with Crippen LogP contribution in [0.25, 0.3) is 12.2 Å². The Labute approximate surface area is 126 Å². The van der Waals surface area contributed by atoms with Crippen molar-refractivity contribution in [2.75, 3.05) is 0 Å². The number of halogens is 1. The summed E-state index contributed by atoms with van der Waals surface area (Å²) in [5.41, 5.74) is 0.833. The summed E-state index contributed by atoms with van der Waals surface area (Å²) < 4.78 is 23.1. The number of hydrogen-bond donors (Lipinski definition) is 0. The van der Waals surface area contributed by atoms with Gasteiger partial charge in [0.2, 0.25) is 0 Å². The van der Waals surface area contributed by atoms with Crippen molar-refractivity contribution in [3.63, 3.8) is 0 Å². The molecule has 0 bridgehead atoms. The van der Waals surface area contributed by atoms with E-state index >= 15 is 0 Å². The van der Waals surface area contributed by atoms with Gasteiger partial charge in [-0.1, -0.05) is 42.5 Å². The SMILES string of the molecule is O=[N+]([O-])c1ccc(C=Cc2ccccc2)c(S(=O)(=O)Cl)c1. The number of rotatable bonds is 4. The van der Waals surface area contributed by atoms with Crippen LogP contribution in [-0.2, 0) is 9.05 Å². The fraction of sp³-hybridized carbons (Fsp3) is 0. The van der Waals surface area contributed by atoms with Crippen molar-refractivity contribution in [3.8, 4) is 0 Å². The van der Waals surface area contributed by atoms with Gasteiger partial charge in [-0.25, -0.2) is 8.42 Å². The molecular weight excluding hydrogens is 314 g/mol. The smallest absolute Gasteiger partial charge is 0.258 e. The first-order valence-electron chi connectivity index (χ1n) is 5.84. The Kier molecular flexibility index (Phi) is 4.40. The normalized spacial score (nSPS) is 11.7. The lowest BCUT2D eigenvalue weighted by Crippen LogP contribution is -1.97. The Bertz CT molecular complexity index is 801. The molecule has 2 rings (SSSR count). The van der Waals surface area contributed by atoms with Crippen molar-refractivity contribution < 1.29 is 13.3 Å². The van der Waals surface area contributed by atoms with Crippen LogP contribution in [0.1, 0.15) is 11.1 Å². The largest absolute Gasteiger partial charge is 0.270 e. The minimum Gasteiger partial charge on any atom is -0.258 e. The first-order chi connectivity index (χ1) is 9.88. The molecule has 0 aliphatic heterocycles. The van der Waals surface area contributed by atoms with Gasteiger partial charge < -0.3 is 0 Å². The van der Waals surface area contributed by atoms with Crippen molar-refractivity contribution in [1.82, 2.24) is 0 Å². The third kappa shape index (κ3) is 3.90. The average molecular weight is 324 g/mol. The van der Waals surface area contributed by atoms with E-state index in [1.54, 1.807) is 12.2 Å². The van der Waals surface area contributed by atoms with Gasteiger partial charge in [0.25, 0.3) is 14.7 Å². The highest BCUT2D eigenvalue weighted by Crippen LogP contribution is 2.26. The minimum absolute atomic E-state index is 0.287. The van der Waals surface area contributed by atoms with Gasteiger partial charge in [-0.15, -0.1) is 0 Å². The highest BCUT2D eigenvalue weighted by Gasteiger charge is 2.18. The summed E-state index contributed by atoms with van der Waals surface area (Å²) in [6, 6.07) is 12.8. The lowest BCUT2D eigenvalue weighted by Gasteiger charge is -2.02. The maximum absolute atomic E-state index is 11.5. The van der Waals surface area contributed by atoms with Crippen molar-refractivity contribution in [1.29, 1.82) is 0 Å². The summed E-state index contributed by atoms with van der Waals surface area (Å²) in [5.74, 6) is 0. The zero-order chi connectivity index (χ0) is 15.5. The van der Waals surface area contributed by atoms with Gasteiger partial charge in [0.15, 0.2) is 0 Å². The van der Waals surface area contributed by atoms with E-state index in [1.807, 2.05) is 30.3 Å². The Morgan fingerprint density at radius 3 is 2.29 bits per heavy atom. The van der Waals surface area contributed by atoms with Crippen LogP contribution in [0.2, 0.25) is 0 Å². The summed E-state index contributed by atoms with van der Waals surface area (Å²) in [5, 5.41) is 10.7. The molecule has 0 aliphatic rings. The quantitative estimate of drug-likeness (QED) is 0.372. The summed E-state index contributed by atoms with van der Waals surface area (Å²) in [6.07, 6.45) is 3.25. The van der Waals surface area contributed by atoms with Gasteiger partial charge in [0, 0.05) is 22.8 Å². The predicted molar refractivity (Wildman–Crippen MR) is 81.5 cm³/mol. The van der Waals surface area contributed by atoms with E-state index in [-0.39, 0.29) is 10.6 Å². The second-order valence-electron chi connectivity index (χ2n) is 4.16. The zero-order valence-corrected chi connectivity index (χ0v) is 12.2. The van der Waals surface area contributed by atoms with Crippen molar-refractivity contribution in [2.24, 2.45) is 0 Å². The lowest BCUT2D eigenvalue weighted by molar-refractivity contribution is -0.385. The Morgan fingerprint density at radius 1 is 1.05 bits per heavy atom. The molecule has 2 aromatic carbocycles. The molecule has 0 fully saturated rings. The molecular formula is C14H10ClNO4S. The predicted octanol–water partition coefficient (Wildman–Crippen LogP) is 3.69. The van der Waals surface area contributed by atoms with Crippen LogP contribution in [0.3, 0.4) is 0 Å². The highest BCUT2D eigenvalue weighted by atomic mass is 35.7. The molecule has 108 valence electrons. The number of nitro groups is 1. The van der Waals surface area contributed by atoms with Gasteiger partial charge in [-0.3, -0.25) is 10.1 Å². The second kappa shape index (κ2) is 6.07. The van der Waals surface area contributed by atoms with Crippen LogP contribution in [0.15, 0.2) is 53.4 Å². The molecule has 0 saturated carbocycles. The second-order valence-corrected chi connectivity index (χ2v) is 6.70. The topological polar surface area (TPSA) is 77.3 Å². The fourth-order valence-electron chi connectivity index (χ4n) is 1.74. The van der Waals surface area contributed by atoms with E-state index < -0.39 is 14.0 Å². The molecule has 21 heavy (non-hydrogen) atoms. The lowest BCUT2D eigenvalue weighted by atomic mass is 10.1. The Hall–Kier alpha value is -2.18. The minimum atomic E-state index is -4.08. The molecule has 0 saturated heterocycles. The fourth-order valence-corrected chi connectivity index (χ4v) is 2.82. The van der Waals surface area contributed by atoms with Gasteiger partial charge in [0.05, 0.1) is 9.82 Å². The van der Waals surface area contributed by atoms with Gasteiger partial charge in [-0.05, 0) is 17.2 Å². The van der Waals surface area contributed by atoms with E-state index in [0.29, 0.717) is 5.56 Å². The molecule has 0 unspecified atom stereocenters. The van der Waals surface area contributed by atoms with Gasteiger partial charge >= 0.3 is 0 Å². The molecule has 7 heteroatoms. The molecule has 0 aliphatic carbocycles. The van der Waals surface area contributed by atoms with E-state index in [1.165, 1.54) is 12.1 Å². The van der Waals surface area contributed by atoms with Crippen LogP contribution in [0.4, 0.5) is 5.69 Å². The average Bonchev–Trinajstić information content (AvgIpc) is 2.45. The van der Waals surface area contributed by atoms with Crippen LogP contribution in [-0.4, -0.2) is 13.3 Å². The number of hydrogen-bond acceptors (Lipinski definition) is 4. The molecule has 0 atom stereocenters. The molecule has 0 amide bonds. The summed E-state index contributed by atoms with van der Waals surface area (Å²) in [4.78, 5) is 9.76. The first-order valence-corrected chi connectivity index (χ1v) is 8.15. The van der Waals surface area contributed by atoms with Crippen LogP contribution in [0.5, 0.6) is 0 Å². The van der Waals surface area contributed by atoms with Gasteiger partial charge in [-0.2, -0.15) is 0 Å². The van der Waals surface area contributed by atoms with Gasteiger partial charge in [0.1, 0.15) is 0 Å². The van der Waals surface area contributed by atoms with E-state index in [9.17, 15) is 18.5 Å². The summed E-state index contributed by atoms with van der Waals surface area (Å²) in [6.45, 7) is 0. The highest BCUT2D eigenvalue weighted by molar-refractivity contribution is 8.13. The number of non-ortho nitro benzene ring substituents is 1. The van der Waals surface area contributed by atoms with E-state index in [2.05, 4.69) is 0 Å². The zero-order valence-electron chi connectivity index (χ0n) is 10.6. The summed E-state index contributed by atoms with van der Waals surface area (Å²) in [7, 11) is 1.26. The third-order valence-electron chi connectivity index (χ3n) is 2.73. The monoisotopic (exact) mass is 323 g/mol. The third-order valence-corrected chi connectivity index (χ3v) is 4.10. The Morgan fingerprint density at radius 2 is 1.71 bits per heavy atom. The standard InChI is InChI=1S/C14H10ClNO4S/c15-21(19,20)14-10-13(16(17)18)9-8-12(14)7-6-11-4-2-1-3-5-11/h1-10H. The van der Waals surface area contributed by atoms with Crippen LogP contribution < -0.4 is 0 Å². The molecule has 0 aromatic heterocycles. The Balaban J connectivity index is 2.49. The van der Waals surface area contributed by atoms with Crippen molar-refractivity contribution in [3.05, 3.63) is 69.8 Å². The molecule has 0 spiro atoms. The number of nitrogens with zero attached hydrogens (tertiary/aromatic N) is 1. The van der Waals surface area contributed by atoms with Crippen molar-refractivity contribution in [2.45, 2.75) is 4.90 Å². The first kappa shape index (κ1) is 15.2. The number of nitro benzene ring substituents is 1. The van der Waals surface area contributed by atoms with Crippen LogP contribution >= 0.6 is 10.7 Å². The maximum atomic E-state index is 11.5.